The van der Waals surface area contributed by atoms with Crippen molar-refractivity contribution in [3.63, 3.8) is 0 Å². The Morgan fingerprint density at radius 1 is 1.33 bits per heavy atom. The quantitative estimate of drug-likeness (QED) is 0.604. The van der Waals surface area contributed by atoms with Crippen LogP contribution >= 0.6 is 0 Å². The van der Waals surface area contributed by atoms with Crippen LogP contribution in [-0.2, 0) is 16.7 Å². The summed E-state index contributed by atoms with van der Waals surface area (Å²) >= 11 is 0. The molecule has 2 rings (SSSR count). The fourth-order valence-electron chi connectivity index (χ4n) is 1.34. The predicted molar refractivity (Wildman–Crippen MR) is 61.9 cm³/mol. The zero-order valence-corrected chi connectivity index (χ0v) is 10.2. The molecule has 0 radical (unpaired) electrons. The molecular formula is C10H11N4O3S+. The molecule has 0 saturated heterocycles. The van der Waals surface area contributed by atoms with Gasteiger partial charge < -0.3 is 0 Å². The summed E-state index contributed by atoms with van der Waals surface area (Å²) in [7, 11) is -3.97. The van der Waals surface area contributed by atoms with Crippen LogP contribution in [0.2, 0.25) is 0 Å². The Kier molecular flexibility index (Phi) is 3.58. The molecule has 1 N–H and O–H groups in total. The Morgan fingerprint density at radius 3 is 2.72 bits per heavy atom. The Balaban J connectivity index is 2.11. The lowest BCUT2D eigenvalue weighted by Gasteiger charge is -1.97. The summed E-state index contributed by atoms with van der Waals surface area (Å²) in [5.74, 6) is -0.364. The molecule has 0 bridgehead atoms. The highest BCUT2D eigenvalue weighted by Gasteiger charge is 2.11. The maximum atomic E-state index is 10.6. The van der Waals surface area contributed by atoms with Gasteiger partial charge in [0.1, 0.15) is 18.3 Å². The minimum absolute atomic E-state index is 0.100. The van der Waals surface area contributed by atoms with Crippen LogP contribution in [0.4, 0.5) is 0 Å². The van der Waals surface area contributed by atoms with E-state index in [1.807, 2.05) is 0 Å². The summed E-state index contributed by atoms with van der Waals surface area (Å²) in [4.78, 5) is 7.88. The molecule has 0 unspecified atom stereocenters. The fourth-order valence-corrected chi connectivity index (χ4v) is 1.76. The highest BCUT2D eigenvalue weighted by Crippen LogP contribution is 2.11. The van der Waals surface area contributed by atoms with Crippen LogP contribution in [0, 0.1) is 0 Å². The van der Waals surface area contributed by atoms with Gasteiger partial charge in [-0.1, -0.05) is 4.68 Å². The van der Waals surface area contributed by atoms with Crippen LogP contribution in [0.3, 0.4) is 0 Å². The summed E-state index contributed by atoms with van der Waals surface area (Å²) in [6, 6.07) is 3.51. The van der Waals surface area contributed by atoms with Crippen molar-refractivity contribution in [2.75, 3.05) is 5.75 Å². The molecule has 0 saturated carbocycles. The molecule has 94 valence electrons. The van der Waals surface area contributed by atoms with Gasteiger partial charge in [-0.2, -0.15) is 8.42 Å². The van der Waals surface area contributed by atoms with Gasteiger partial charge in [0.25, 0.3) is 10.1 Å². The van der Waals surface area contributed by atoms with Crippen molar-refractivity contribution < 1.29 is 17.7 Å². The Bertz CT molecular complexity index is 613. The first-order valence-electron chi connectivity index (χ1n) is 5.12. The molecule has 8 heteroatoms. The standard InChI is InChI=1S/C10H10N4O3S/c15-18(16,17)6-5-14-4-2-9(7-13-14)10-1-3-11-8-12-10/h1-4,7-8H,5-6H2/p+1. The highest BCUT2D eigenvalue weighted by atomic mass is 32.2. The van der Waals surface area contributed by atoms with Gasteiger partial charge in [0.15, 0.2) is 12.7 Å². The average Bonchev–Trinajstić information content (AvgIpc) is 2.37. The third-order valence-corrected chi connectivity index (χ3v) is 2.93. The van der Waals surface area contributed by atoms with E-state index >= 15 is 0 Å². The molecular weight excluding hydrogens is 256 g/mol. The van der Waals surface area contributed by atoms with Gasteiger partial charge in [0.2, 0.25) is 0 Å². The van der Waals surface area contributed by atoms with Crippen molar-refractivity contribution in [1.29, 1.82) is 0 Å². The average molecular weight is 267 g/mol. The van der Waals surface area contributed by atoms with E-state index < -0.39 is 10.1 Å². The summed E-state index contributed by atoms with van der Waals surface area (Å²) in [6.45, 7) is 0.100. The van der Waals surface area contributed by atoms with Crippen molar-refractivity contribution >= 4 is 10.1 Å². The molecule has 0 atom stereocenters. The van der Waals surface area contributed by atoms with E-state index in [1.54, 1.807) is 30.7 Å². The van der Waals surface area contributed by atoms with Gasteiger partial charge in [-0.25, -0.2) is 9.97 Å². The van der Waals surface area contributed by atoms with Crippen LogP contribution in [0.1, 0.15) is 0 Å². The molecule has 7 nitrogen and oxygen atoms in total. The number of aryl methyl sites for hydroxylation is 1. The molecule has 2 aromatic rings. The molecule has 0 aromatic carbocycles. The monoisotopic (exact) mass is 267 g/mol. The van der Waals surface area contributed by atoms with E-state index in [4.69, 9.17) is 4.55 Å². The van der Waals surface area contributed by atoms with E-state index in [-0.39, 0.29) is 12.3 Å². The normalized spacial score (nSPS) is 11.4. The van der Waals surface area contributed by atoms with Crippen molar-refractivity contribution in [1.82, 2.24) is 15.1 Å². The van der Waals surface area contributed by atoms with E-state index in [0.717, 1.165) is 11.3 Å². The fraction of sp³-hybridized carbons (Fsp3) is 0.200. The molecule has 18 heavy (non-hydrogen) atoms. The van der Waals surface area contributed by atoms with Gasteiger partial charge >= 0.3 is 0 Å². The minimum Gasteiger partial charge on any atom is -0.285 e. The molecule has 2 aromatic heterocycles. The van der Waals surface area contributed by atoms with Crippen LogP contribution in [0.5, 0.6) is 0 Å². The molecule has 0 aliphatic carbocycles. The molecule has 0 spiro atoms. The second-order valence-corrected chi connectivity index (χ2v) is 5.13. The Hall–Kier alpha value is -1.93. The number of rotatable bonds is 4. The lowest BCUT2D eigenvalue weighted by Crippen LogP contribution is -2.40. The number of nitrogens with zero attached hydrogens (tertiary/aromatic N) is 4. The third kappa shape index (κ3) is 3.54. The third-order valence-electron chi connectivity index (χ3n) is 2.23. The molecule has 0 amide bonds. The van der Waals surface area contributed by atoms with Crippen molar-refractivity contribution in [3.05, 3.63) is 37.1 Å². The zero-order chi connectivity index (χ0) is 13.0. The van der Waals surface area contributed by atoms with E-state index in [2.05, 4.69) is 15.1 Å². The van der Waals surface area contributed by atoms with Crippen LogP contribution in [0.15, 0.2) is 37.1 Å². The summed E-state index contributed by atoms with van der Waals surface area (Å²) < 4.78 is 31.2. The maximum Gasteiger partial charge on any atom is 0.271 e. The van der Waals surface area contributed by atoms with Gasteiger partial charge in [-0.15, -0.1) is 0 Å². The predicted octanol–water partition coefficient (Wildman–Crippen LogP) is -0.286. The second kappa shape index (κ2) is 5.15. The van der Waals surface area contributed by atoms with E-state index in [9.17, 15) is 8.42 Å². The van der Waals surface area contributed by atoms with Crippen LogP contribution < -0.4 is 4.68 Å². The summed E-state index contributed by atoms with van der Waals surface area (Å²) in [5.41, 5.74) is 1.54. The topological polar surface area (TPSA) is 96.9 Å². The van der Waals surface area contributed by atoms with Gasteiger partial charge in [0, 0.05) is 17.8 Å². The first kappa shape index (κ1) is 12.5. The zero-order valence-electron chi connectivity index (χ0n) is 9.34. The maximum absolute atomic E-state index is 10.6. The SMILES string of the molecule is O=S(=O)(O)CC[n+]1ccc(-c2ccncn2)cn1. The number of aromatic nitrogens is 4. The van der Waals surface area contributed by atoms with Gasteiger partial charge in [0.05, 0.1) is 5.69 Å². The second-order valence-electron chi connectivity index (χ2n) is 3.56. The minimum atomic E-state index is -3.97. The molecule has 2 heterocycles. The van der Waals surface area contributed by atoms with E-state index in [0.29, 0.717) is 0 Å². The summed E-state index contributed by atoms with van der Waals surface area (Å²) in [5, 5.41) is 4.04. The first-order chi connectivity index (χ1) is 8.54. The van der Waals surface area contributed by atoms with Crippen LogP contribution in [-0.4, -0.2) is 33.8 Å². The van der Waals surface area contributed by atoms with Crippen molar-refractivity contribution in [2.45, 2.75) is 6.54 Å². The van der Waals surface area contributed by atoms with Crippen molar-refractivity contribution in [2.24, 2.45) is 0 Å². The number of hydrogen-bond donors (Lipinski definition) is 1. The lowest BCUT2D eigenvalue weighted by molar-refractivity contribution is -0.750. The first-order valence-corrected chi connectivity index (χ1v) is 6.73. The highest BCUT2D eigenvalue weighted by molar-refractivity contribution is 7.85. The molecule has 0 aliphatic rings. The largest absolute Gasteiger partial charge is 0.285 e. The smallest absolute Gasteiger partial charge is 0.271 e. The summed E-state index contributed by atoms with van der Waals surface area (Å²) in [6.07, 6.45) is 6.27. The van der Waals surface area contributed by atoms with Crippen LogP contribution in [0.25, 0.3) is 11.3 Å². The molecule has 0 aliphatic heterocycles. The van der Waals surface area contributed by atoms with E-state index in [1.165, 1.54) is 11.0 Å². The van der Waals surface area contributed by atoms with Gasteiger partial charge in [-0.3, -0.25) is 4.55 Å². The van der Waals surface area contributed by atoms with Gasteiger partial charge in [-0.05, 0) is 11.2 Å². The van der Waals surface area contributed by atoms with Crippen molar-refractivity contribution in [3.8, 4) is 11.3 Å². The Labute approximate surface area is 104 Å². The number of hydrogen-bond acceptors (Lipinski definition) is 5. The Morgan fingerprint density at radius 2 is 2.17 bits per heavy atom. The lowest BCUT2D eigenvalue weighted by atomic mass is 10.2. The molecule has 0 fully saturated rings.